The second-order valence-corrected chi connectivity index (χ2v) is 6.18. The van der Waals surface area contributed by atoms with Gasteiger partial charge in [-0.25, -0.2) is 9.55 Å². The van der Waals surface area contributed by atoms with Crippen molar-refractivity contribution in [2.75, 3.05) is 0 Å². The molecule has 0 aliphatic rings. The topological polar surface area (TPSA) is 34.6 Å². The summed E-state index contributed by atoms with van der Waals surface area (Å²) in [4.78, 5) is 8.71. The van der Waals surface area contributed by atoms with Crippen LogP contribution in [0.2, 0.25) is 0 Å². The van der Waals surface area contributed by atoms with Gasteiger partial charge in [0.2, 0.25) is 5.82 Å². The Kier molecular flexibility index (Phi) is 2.87. The molecule has 0 N–H and O–H groups in total. The van der Waals surface area contributed by atoms with Gasteiger partial charge in [0.1, 0.15) is 5.82 Å². The van der Waals surface area contributed by atoms with E-state index in [0.29, 0.717) is 11.6 Å². The van der Waals surface area contributed by atoms with Crippen LogP contribution in [0.5, 0.6) is 0 Å². The Hall–Kier alpha value is -3.01. The van der Waals surface area contributed by atoms with Gasteiger partial charge in [-0.2, -0.15) is 9.55 Å². The van der Waals surface area contributed by atoms with E-state index in [1.54, 1.807) is 6.92 Å². The lowest BCUT2D eigenvalue weighted by atomic mass is 10.1. The van der Waals surface area contributed by atoms with Gasteiger partial charge in [0.25, 0.3) is 5.82 Å². The first-order chi connectivity index (χ1) is 13.3. The van der Waals surface area contributed by atoms with Gasteiger partial charge in [0.15, 0.2) is 11.0 Å². The predicted molar refractivity (Wildman–Crippen MR) is 99.7 cm³/mol. The van der Waals surface area contributed by atoms with Crippen molar-refractivity contribution < 1.29 is 8.68 Å². The van der Waals surface area contributed by atoms with Gasteiger partial charge in [-0.05, 0) is 44.5 Å². The van der Waals surface area contributed by atoms with E-state index in [1.165, 1.54) is 6.20 Å². The van der Waals surface area contributed by atoms with Crippen molar-refractivity contribution in [3.05, 3.63) is 71.7 Å². The molecule has 0 unspecified atom stereocenters. The third kappa shape index (κ3) is 2.41. The van der Waals surface area contributed by atoms with E-state index in [4.69, 9.17) is 4.11 Å². The molecule has 124 valence electrons. The molecule has 4 aromatic rings. The van der Waals surface area contributed by atoms with Gasteiger partial charge >= 0.3 is 0 Å². The van der Waals surface area contributed by atoms with E-state index in [-0.39, 0.29) is 5.56 Å². The maximum absolute atomic E-state index is 8.00. The zero-order chi connectivity index (χ0) is 20.1. The molecule has 2 aromatic heterocycles. The summed E-state index contributed by atoms with van der Waals surface area (Å²) in [6, 6.07) is 16.0. The highest BCUT2D eigenvalue weighted by Crippen LogP contribution is 2.29. The summed E-state index contributed by atoms with van der Waals surface area (Å²) in [5.41, 5.74) is 4.15. The molecule has 0 aliphatic heterocycles. The molecule has 0 spiro atoms. The summed E-state index contributed by atoms with van der Waals surface area (Å²) in [7, 11) is 1.99. The first kappa shape index (κ1) is 12.4. The Labute approximate surface area is 151 Å². The van der Waals surface area contributed by atoms with Crippen LogP contribution in [-0.2, 0) is 7.05 Å². The van der Waals surface area contributed by atoms with Gasteiger partial charge < -0.3 is 0 Å². The zero-order valence-electron chi connectivity index (χ0n) is 17.5. The summed E-state index contributed by atoms with van der Waals surface area (Å²) in [6.07, 6.45) is 1.42. The number of aromatic nitrogens is 4. The smallest absolute Gasteiger partial charge is 0.241 e. The highest BCUT2D eigenvalue weighted by Gasteiger charge is 2.28. The molecular formula is C21H21N4+. The van der Waals surface area contributed by atoms with Crippen LogP contribution in [0.25, 0.3) is 28.2 Å². The van der Waals surface area contributed by atoms with E-state index in [0.717, 1.165) is 28.0 Å². The Morgan fingerprint density at radius 3 is 2.56 bits per heavy atom. The number of nitrogens with zero attached hydrogens (tertiary/aromatic N) is 4. The van der Waals surface area contributed by atoms with Gasteiger partial charge in [0.05, 0.1) is 12.6 Å². The fourth-order valence-electron chi connectivity index (χ4n) is 3.28. The molecule has 0 saturated carbocycles. The molecule has 0 atom stereocenters. The minimum Gasteiger partial charge on any atom is -0.241 e. The van der Waals surface area contributed by atoms with Crippen LogP contribution in [0.4, 0.5) is 0 Å². The normalized spacial score (nSPS) is 13.5. The lowest BCUT2D eigenvalue weighted by Crippen LogP contribution is -2.30. The quantitative estimate of drug-likeness (QED) is 0.523. The Morgan fingerprint density at radius 2 is 1.76 bits per heavy atom. The third-order valence-electron chi connectivity index (χ3n) is 4.50. The molecule has 0 amide bonds. The highest BCUT2D eigenvalue weighted by molar-refractivity contribution is 5.79. The SMILES string of the molecule is [2H]C([2H])([2H])c1cnc(C)nc1-n1c(-c2ccccc2C)[n+](C)c2ccccc21. The van der Waals surface area contributed by atoms with E-state index >= 15 is 0 Å². The maximum atomic E-state index is 8.00. The minimum atomic E-state index is -2.32. The maximum Gasteiger partial charge on any atom is 0.296 e. The summed E-state index contributed by atoms with van der Waals surface area (Å²) >= 11 is 0. The van der Waals surface area contributed by atoms with E-state index in [1.807, 2.05) is 67.1 Å². The van der Waals surface area contributed by atoms with Gasteiger partial charge in [0, 0.05) is 15.9 Å². The van der Waals surface area contributed by atoms with Crippen molar-refractivity contribution in [1.82, 2.24) is 14.5 Å². The van der Waals surface area contributed by atoms with Crippen molar-refractivity contribution in [3.8, 4) is 17.2 Å². The summed E-state index contributed by atoms with van der Waals surface area (Å²) in [6.45, 7) is 1.50. The molecule has 4 nitrogen and oxygen atoms in total. The molecule has 0 saturated heterocycles. The number of hydrogen-bond donors (Lipinski definition) is 0. The molecule has 0 aliphatic carbocycles. The van der Waals surface area contributed by atoms with Crippen LogP contribution in [-0.4, -0.2) is 14.5 Å². The average molecular weight is 332 g/mol. The van der Waals surface area contributed by atoms with Crippen LogP contribution in [0.3, 0.4) is 0 Å². The van der Waals surface area contributed by atoms with Crippen molar-refractivity contribution in [2.45, 2.75) is 20.7 Å². The Morgan fingerprint density at radius 1 is 1.00 bits per heavy atom. The van der Waals surface area contributed by atoms with Crippen LogP contribution in [0.15, 0.2) is 54.7 Å². The lowest BCUT2D eigenvalue weighted by Gasteiger charge is -2.07. The Balaban J connectivity index is 2.19. The monoisotopic (exact) mass is 332 g/mol. The first-order valence-corrected chi connectivity index (χ1v) is 8.19. The van der Waals surface area contributed by atoms with Crippen LogP contribution < -0.4 is 4.57 Å². The van der Waals surface area contributed by atoms with Crippen molar-refractivity contribution in [1.29, 1.82) is 0 Å². The fraction of sp³-hybridized carbons (Fsp3) is 0.190. The molecule has 2 aromatic carbocycles. The van der Waals surface area contributed by atoms with Crippen molar-refractivity contribution in [2.24, 2.45) is 7.05 Å². The van der Waals surface area contributed by atoms with Crippen LogP contribution in [0.1, 0.15) is 21.1 Å². The third-order valence-corrected chi connectivity index (χ3v) is 4.50. The van der Waals surface area contributed by atoms with E-state index in [2.05, 4.69) is 14.5 Å². The molecule has 4 heteroatoms. The largest absolute Gasteiger partial charge is 0.296 e. The van der Waals surface area contributed by atoms with Crippen LogP contribution >= 0.6 is 0 Å². The highest BCUT2D eigenvalue weighted by atomic mass is 15.2. The molecule has 25 heavy (non-hydrogen) atoms. The second kappa shape index (κ2) is 5.81. The number of hydrogen-bond acceptors (Lipinski definition) is 2. The van der Waals surface area contributed by atoms with E-state index < -0.39 is 6.85 Å². The first-order valence-electron chi connectivity index (χ1n) is 9.69. The van der Waals surface area contributed by atoms with Gasteiger partial charge in [-0.3, -0.25) is 0 Å². The van der Waals surface area contributed by atoms with Gasteiger partial charge in [-0.1, -0.05) is 30.3 Å². The van der Waals surface area contributed by atoms with Gasteiger partial charge in [-0.15, -0.1) is 0 Å². The van der Waals surface area contributed by atoms with Crippen molar-refractivity contribution in [3.63, 3.8) is 0 Å². The Bertz CT molecular complexity index is 1190. The average Bonchev–Trinajstić information content (AvgIpc) is 2.94. The fourth-order valence-corrected chi connectivity index (χ4v) is 3.28. The minimum absolute atomic E-state index is 0.134. The summed E-state index contributed by atoms with van der Waals surface area (Å²) in [5, 5.41) is 0. The molecule has 0 fully saturated rings. The molecule has 0 bridgehead atoms. The summed E-state index contributed by atoms with van der Waals surface area (Å²) < 4.78 is 28.0. The number of benzene rings is 2. The number of fused-ring (bicyclic) bond motifs is 1. The molecular weight excluding hydrogens is 308 g/mol. The predicted octanol–water partition coefficient (Wildman–Crippen LogP) is 3.84. The van der Waals surface area contributed by atoms with Crippen molar-refractivity contribution >= 4 is 11.0 Å². The lowest BCUT2D eigenvalue weighted by molar-refractivity contribution is -0.633. The number of imidazole rings is 1. The molecule has 4 rings (SSSR count). The number of rotatable bonds is 2. The van der Waals surface area contributed by atoms with E-state index in [9.17, 15) is 0 Å². The molecule has 0 radical (unpaired) electrons. The number of para-hydroxylation sites is 2. The second-order valence-electron chi connectivity index (χ2n) is 6.18. The summed E-state index contributed by atoms with van der Waals surface area (Å²) in [5.74, 6) is 1.80. The zero-order valence-corrected chi connectivity index (χ0v) is 14.5. The number of aryl methyl sites for hydroxylation is 4. The molecule has 2 heterocycles. The van der Waals surface area contributed by atoms with Crippen LogP contribution in [0, 0.1) is 20.7 Å². The standard InChI is InChI=1S/C21H21N4/c1-14-9-5-6-10-17(14)21-24(4)18-11-7-8-12-19(18)25(21)20-15(2)13-22-16(3)23-20/h5-13H,1-4H3/q+1/i2D3.